The van der Waals surface area contributed by atoms with Gasteiger partial charge in [0.1, 0.15) is 5.67 Å². The highest BCUT2D eigenvalue weighted by atomic mass is 19.1. The lowest BCUT2D eigenvalue weighted by atomic mass is 9.96. The van der Waals surface area contributed by atoms with Gasteiger partial charge in [0.25, 0.3) is 0 Å². The summed E-state index contributed by atoms with van der Waals surface area (Å²) in [5, 5.41) is 0. The van der Waals surface area contributed by atoms with Crippen molar-refractivity contribution in [2.75, 3.05) is 0 Å². The van der Waals surface area contributed by atoms with Gasteiger partial charge < -0.3 is 0 Å². The third-order valence-electron chi connectivity index (χ3n) is 3.62. The minimum absolute atomic E-state index is 0.0937. The molecule has 0 amide bonds. The summed E-state index contributed by atoms with van der Waals surface area (Å²) in [7, 11) is 0. The smallest absolute Gasteiger partial charge is 0.213 e. The van der Waals surface area contributed by atoms with E-state index in [1.165, 1.54) is 12.3 Å². The minimum atomic E-state index is -1.07. The van der Waals surface area contributed by atoms with Crippen LogP contribution in [0.4, 0.5) is 8.78 Å². The van der Waals surface area contributed by atoms with Gasteiger partial charge in [0, 0.05) is 24.2 Å². The molecule has 1 aromatic rings. The van der Waals surface area contributed by atoms with Crippen molar-refractivity contribution < 1.29 is 13.6 Å². The fraction of sp³-hybridized carbons (Fsp3) is 0.571. The standard InChI is InChI=1S/C14H17F2NO/c1-14(16)6-4-10(9-14)2-3-12(18)11-5-7-17-13(15)8-11/h5,7-8,10H,2-4,6,9H2,1H3. The van der Waals surface area contributed by atoms with Crippen molar-refractivity contribution in [1.82, 2.24) is 4.98 Å². The Bertz CT molecular complexity index is 445. The second kappa shape index (κ2) is 5.12. The quantitative estimate of drug-likeness (QED) is 0.604. The number of nitrogens with zero attached hydrogens (tertiary/aromatic N) is 1. The molecule has 0 bridgehead atoms. The van der Waals surface area contributed by atoms with Gasteiger partial charge >= 0.3 is 0 Å². The number of hydrogen-bond donors (Lipinski definition) is 0. The zero-order chi connectivity index (χ0) is 13.2. The first-order chi connectivity index (χ1) is 8.46. The molecule has 0 aliphatic heterocycles. The Hall–Kier alpha value is -1.32. The van der Waals surface area contributed by atoms with Crippen molar-refractivity contribution >= 4 is 5.78 Å². The molecule has 4 heteroatoms. The SMILES string of the molecule is CC1(F)CCC(CCC(=O)c2ccnc(F)c2)C1. The highest BCUT2D eigenvalue weighted by Crippen LogP contribution is 2.39. The largest absolute Gasteiger partial charge is 0.294 e. The van der Waals surface area contributed by atoms with Crippen LogP contribution in [0.5, 0.6) is 0 Å². The second-order valence-corrected chi connectivity index (χ2v) is 5.35. The summed E-state index contributed by atoms with van der Waals surface area (Å²) in [6.45, 7) is 1.62. The summed E-state index contributed by atoms with van der Waals surface area (Å²) in [5.41, 5.74) is -0.722. The van der Waals surface area contributed by atoms with Crippen LogP contribution < -0.4 is 0 Å². The van der Waals surface area contributed by atoms with Crippen LogP contribution in [0.3, 0.4) is 0 Å². The lowest BCUT2D eigenvalue weighted by Crippen LogP contribution is -2.12. The van der Waals surface area contributed by atoms with E-state index in [1.807, 2.05) is 0 Å². The number of Topliss-reactive ketones (excluding diaryl/α,β-unsaturated/α-hetero) is 1. The van der Waals surface area contributed by atoms with Gasteiger partial charge in [-0.05, 0) is 44.6 Å². The molecule has 0 aromatic carbocycles. The van der Waals surface area contributed by atoms with Crippen LogP contribution in [0.15, 0.2) is 18.3 Å². The lowest BCUT2D eigenvalue weighted by molar-refractivity contribution is 0.0970. The number of aromatic nitrogens is 1. The Morgan fingerprint density at radius 2 is 2.39 bits per heavy atom. The van der Waals surface area contributed by atoms with E-state index in [0.29, 0.717) is 31.2 Å². The molecule has 1 saturated carbocycles. The van der Waals surface area contributed by atoms with Gasteiger partial charge in [-0.3, -0.25) is 4.79 Å². The Morgan fingerprint density at radius 3 is 3.00 bits per heavy atom. The van der Waals surface area contributed by atoms with E-state index in [1.54, 1.807) is 6.92 Å². The lowest BCUT2D eigenvalue weighted by Gasteiger charge is -2.12. The minimum Gasteiger partial charge on any atom is -0.294 e. The summed E-state index contributed by atoms with van der Waals surface area (Å²) in [6.07, 6.45) is 4.27. The van der Waals surface area contributed by atoms with Crippen LogP contribution in [-0.2, 0) is 0 Å². The average Bonchev–Trinajstić information content (AvgIpc) is 2.66. The molecule has 1 aliphatic carbocycles. The second-order valence-electron chi connectivity index (χ2n) is 5.35. The summed E-state index contributed by atoms with van der Waals surface area (Å²) in [5.74, 6) is -0.461. The van der Waals surface area contributed by atoms with Crippen molar-refractivity contribution in [1.29, 1.82) is 0 Å². The van der Waals surface area contributed by atoms with Gasteiger partial charge in [-0.2, -0.15) is 4.39 Å². The number of carbonyl (C=O) groups excluding carboxylic acids is 1. The number of hydrogen-bond acceptors (Lipinski definition) is 2. The summed E-state index contributed by atoms with van der Waals surface area (Å²) >= 11 is 0. The van der Waals surface area contributed by atoms with Crippen LogP contribution in [0.2, 0.25) is 0 Å². The van der Waals surface area contributed by atoms with Gasteiger partial charge in [0.2, 0.25) is 5.95 Å². The van der Waals surface area contributed by atoms with E-state index in [-0.39, 0.29) is 11.7 Å². The van der Waals surface area contributed by atoms with Crippen LogP contribution in [0, 0.1) is 11.9 Å². The number of rotatable bonds is 4. The van der Waals surface area contributed by atoms with Crippen molar-refractivity contribution in [3.05, 3.63) is 29.8 Å². The molecule has 2 rings (SSSR count). The van der Waals surface area contributed by atoms with Gasteiger partial charge in [-0.15, -0.1) is 0 Å². The Morgan fingerprint density at radius 1 is 1.61 bits per heavy atom. The number of pyridine rings is 1. The predicted octanol–water partition coefficient (Wildman–Crippen LogP) is 3.71. The van der Waals surface area contributed by atoms with Crippen LogP contribution >= 0.6 is 0 Å². The molecule has 0 saturated heterocycles. The maximum absolute atomic E-state index is 13.6. The molecule has 2 unspecified atom stereocenters. The third kappa shape index (κ3) is 3.34. The van der Waals surface area contributed by atoms with Crippen LogP contribution in [0.1, 0.15) is 49.4 Å². The van der Waals surface area contributed by atoms with Crippen molar-refractivity contribution in [2.45, 2.75) is 44.7 Å². The molecule has 1 fully saturated rings. The van der Waals surface area contributed by atoms with E-state index in [0.717, 1.165) is 12.5 Å². The predicted molar refractivity (Wildman–Crippen MR) is 64.6 cm³/mol. The van der Waals surface area contributed by atoms with Crippen molar-refractivity contribution in [3.63, 3.8) is 0 Å². The number of carbonyl (C=O) groups is 1. The fourth-order valence-corrected chi connectivity index (χ4v) is 2.61. The summed E-state index contributed by atoms with van der Waals surface area (Å²) in [6, 6.07) is 2.66. The van der Waals surface area contributed by atoms with Gasteiger partial charge in [-0.25, -0.2) is 9.37 Å². The zero-order valence-electron chi connectivity index (χ0n) is 10.5. The monoisotopic (exact) mass is 253 g/mol. The van der Waals surface area contributed by atoms with Gasteiger partial charge in [-0.1, -0.05) is 0 Å². The molecule has 1 aliphatic rings. The van der Waals surface area contributed by atoms with E-state index in [4.69, 9.17) is 0 Å². The normalized spacial score (nSPS) is 27.4. The first-order valence-corrected chi connectivity index (χ1v) is 6.30. The first kappa shape index (κ1) is 13.1. The molecule has 1 heterocycles. The van der Waals surface area contributed by atoms with Crippen molar-refractivity contribution in [2.24, 2.45) is 5.92 Å². The summed E-state index contributed by atoms with van der Waals surface area (Å²) in [4.78, 5) is 15.2. The van der Waals surface area contributed by atoms with Crippen LogP contribution in [0.25, 0.3) is 0 Å². The average molecular weight is 253 g/mol. The molecule has 0 N–H and O–H groups in total. The van der Waals surface area contributed by atoms with E-state index < -0.39 is 11.6 Å². The Labute approximate surface area is 105 Å². The molecule has 18 heavy (non-hydrogen) atoms. The Kier molecular flexibility index (Phi) is 3.73. The number of halogens is 2. The molecule has 2 nitrogen and oxygen atoms in total. The Balaban J connectivity index is 1.86. The highest BCUT2D eigenvalue weighted by Gasteiger charge is 2.34. The fourth-order valence-electron chi connectivity index (χ4n) is 2.61. The number of alkyl halides is 1. The third-order valence-corrected chi connectivity index (χ3v) is 3.62. The number of ketones is 1. The molecular formula is C14H17F2NO. The van der Waals surface area contributed by atoms with E-state index >= 15 is 0 Å². The zero-order valence-corrected chi connectivity index (χ0v) is 10.5. The molecular weight excluding hydrogens is 236 g/mol. The van der Waals surface area contributed by atoms with Crippen molar-refractivity contribution in [3.8, 4) is 0 Å². The molecule has 1 aromatic heterocycles. The molecule has 98 valence electrons. The van der Waals surface area contributed by atoms with Gasteiger partial charge in [0.05, 0.1) is 0 Å². The maximum Gasteiger partial charge on any atom is 0.213 e. The van der Waals surface area contributed by atoms with Crippen LogP contribution in [-0.4, -0.2) is 16.4 Å². The molecule has 0 radical (unpaired) electrons. The summed E-state index contributed by atoms with van der Waals surface area (Å²) < 4.78 is 26.5. The first-order valence-electron chi connectivity index (χ1n) is 6.30. The maximum atomic E-state index is 13.6. The topological polar surface area (TPSA) is 30.0 Å². The van der Waals surface area contributed by atoms with Gasteiger partial charge in [0.15, 0.2) is 5.78 Å². The highest BCUT2D eigenvalue weighted by molar-refractivity contribution is 5.95. The van der Waals surface area contributed by atoms with E-state index in [2.05, 4.69) is 4.98 Å². The molecule has 0 spiro atoms. The molecule has 2 atom stereocenters. The van der Waals surface area contributed by atoms with E-state index in [9.17, 15) is 13.6 Å².